The smallest absolute Gasteiger partial charge is 0.0625 e. The van der Waals surface area contributed by atoms with Crippen molar-refractivity contribution in [3.8, 4) is 0 Å². The Balaban J connectivity index is 2.12. The number of hydrogen-bond acceptors (Lipinski definition) is 1. The van der Waals surface area contributed by atoms with Crippen LogP contribution in [0.3, 0.4) is 0 Å². The lowest BCUT2D eigenvalue weighted by Gasteiger charge is -2.34. The average molecular weight is 190 g/mol. The molecule has 1 saturated carbocycles. The molecule has 0 amide bonds. The quantitative estimate of drug-likeness (QED) is 0.721. The highest BCUT2D eigenvalue weighted by Crippen LogP contribution is 2.37. The summed E-state index contributed by atoms with van der Waals surface area (Å²) in [7, 11) is 0. The molecule has 0 heterocycles. The Morgan fingerprint density at radius 3 is 2.64 bits per heavy atom. The molecule has 0 spiro atoms. The van der Waals surface area contributed by atoms with Crippen molar-refractivity contribution in [2.24, 2.45) is 0 Å². The monoisotopic (exact) mass is 190 g/mol. The van der Waals surface area contributed by atoms with E-state index in [1.807, 2.05) is 13.0 Å². The topological polar surface area (TPSA) is 20.2 Å². The van der Waals surface area contributed by atoms with Gasteiger partial charge in [-0.15, -0.1) is 0 Å². The van der Waals surface area contributed by atoms with Crippen molar-refractivity contribution in [1.29, 1.82) is 0 Å². The van der Waals surface area contributed by atoms with Gasteiger partial charge < -0.3 is 5.11 Å². The number of benzene rings is 1. The van der Waals surface area contributed by atoms with Gasteiger partial charge in [0.25, 0.3) is 0 Å². The van der Waals surface area contributed by atoms with Crippen molar-refractivity contribution in [3.63, 3.8) is 0 Å². The lowest BCUT2D eigenvalue weighted by atomic mass is 9.76. The molecule has 2 rings (SSSR count). The zero-order valence-corrected chi connectivity index (χ0v) is 8.74. The Morgan fingerprint density at radius 1 is 1.29 bits per heavy atom. The van der Waals surface area contributed by atoms with Gasteiger partial charge in [-0.05, 0) is 44.1 Å². The maximum Gasteiger partial charge on any atom is 0.0625 e. The summed E-state index contributed by atoms with van der Waals surface area (Å²) in [6.07, 6.45) is 4.24. The van der Waals surface area contributed by atoms with Gasteiger partial charge in [-0.1, -0.05) is 30.3 Å². The number of aliphatic hydroxyl groups is 1. The third-order valence-electron chi connectivity index (χ3n) is 3.23. The van der Waals surface area contributed by atoms with E-state index in [0.717, 1.165) is 19.3 Å². The first-order valence-corrected chi connectivity index (χ1v) is 5.45. The Kier molecular flexibility index (Phi) is 2.60. The van der Waals surface area contributed by atoms with Crippen molar-refractivity contribution < 1.29 is 5.11 Å². The van der Waals surface area contributed by atoms with Crippen LogP contribution in [0.4, 0.5) is 0 Å². The van der Waals surface area contributed by atoms with Crippen molar-refractivity contribution >= 4 is 0 Å². The molecule has 2 atom stereocenters. The Morgan fingerprint density at radius 2 is 2.00 bits per heavy atom. The van der Waals surface area contributed by atoms with Crippen LogP contribution in [0, 0.1) is 0 Å². The van der Waals surface area contributed by atoms with Crippen LogP contribution in [0.2, 0.25) is 0 Å². The van der Waals surface area contributed by atoms with Crippen LogP contribution >= 0.6 is 0 Å². The van der Waals surface area contributed by atoms with Crippen molar-refractivity contribution in [2.75, 3.05) is 0 Å². The fourth-order valence-corrected chi connectivity index (χ4v) is 2.47. The van der Waals surface area contributed by atoms with Crippen molar-refractivity contribution in [2.45, 2.75) is 44.1 Å². The van der Waals surface area contributed by atoms with Gasteiger partial charge in [0.05, 0.1) is 5.60 Å². The van der Waals surface area contributed by atoms with Gasteiger partial charge in [0.2, 0.25) is 0 Å². The van der Waals surface area contributed by atoms with E-state index in [-0.39, 0.29) is 0 Å². The highest BCUT2D eigenvalue weighted by atomic mass is 16.3. The SMILES string of the molecule is C[C@]1(O)CCC[C@H](c2ccccc2)C1. The minimum Gasteiger partial charge on any atom is -0.390 e. The third-order valence-corrected chi connectivity index (χ3v) is 3.23. The molecule has 76 valence electrons. The molecular weight excluding hydrogens is 172 g/mol. The van der Waals surface area contributed by atoms with Crippen LogP contribution in [0.1, 0.15) is 44.1 Å². The highest BCUT2D eigenvalue weighted by Gasteiger charge is 2.30. The van der Waals surface area contributed by atoms with Crippen LogP contribution in [0.5, 0.6) is 0 Å². The van der Waals surface area contributed by atoms with E-state index in [4.69, 9.17) is 0 Å². The molecule has 0 aliphatic heterocycles. The predicted molar refractivity (Wildman–Crippen MR) is 58.3 cm³/mol. The van der Waals surface area contributed by atoms with Crippen molar-refractivity contribution in [3.05, 3.63) is 35.9 Å². The van der Waals surface area contributed by atoms with Gasteiger partial charge in [-0.3, -0.25) is 0 Å². The van der Waals surface area contributed by atoms with Gasteiger partial charge in [-0.25, -0.2) is 0 Å². The van der Waals surface area contributed by atoms with E-state index in [9.17, 15) is 5.11 Å². The zero-order chi connectivity index (χ0) is 10.0. The first kappa shape index (κ1) is 9.72. The zero-order valence-electron chi connectivity index (χ0n) is 8.74. The molecule has 0 aromatic heterocycles. The molecule has 0 bridgehead atoms. The summed E-state index contributed by atoms with van der Waals surface area (Å²) in [6.45, 7) is 1.96. The molecular formula is C13H18O. The average Bonchev–Trinajstić information content (AvgIpc) is 2.18. The van der Waals surface area contributed by atoms with Crippen LogP contribution in [-0.2, 0) is 0 Å². The summed E-state index contributed by atoms with van der Waals surface area (Å²) in [5.41, 5.74) is 0.936. The molecule has 14 heavy (non-hydrogen) atoms. The van der Waals surface area contributed by atoms with E-state index >= 15 is 0 Å². The minimum absolute atomic E-state index is 0.446. The molecule has 1 aliphatic carbocycles. The van der Waals surface area contributed by atoms with E-state index in [1.54, 1.807) is 0 Å². The van der Waals surface area contributed by atoms with Gasteiger partial charge >= 0.3 is 0 Å². The molecule has 0 saturated heterocycles. The summed E-state index contributed by atoms with van der Waals surface area (Å²) in [5.74, 6) is 0.556. The fraction of sp³-hybridized carbons (Fsp3) is 0.538. The highest BCUT2D eigenvalue weighted by molar-refractivity contribution is 5.20. The molecule has 1 nitrogen and oxygen atoms in total. The van der Waals surface area contributed by atoms with Crippen LogP contribution in [-0.4, -0.2) is 10.7 Å². The lowest BCUT2D eigenvalue weighted by molar-refractivity contribution is 0.0145. The maximum atomic E-state index is 10.0. The third kappa shape index (κ3) is 2.16. The largest absolute Gasteiger partial charge is 0.390 e. The van der Waals surface area contributed by atoms with E-state index in [2.05, 4.69) is 24.3 Å². The molecule has 1 N–H and O–H groups in total. The van der Waals surface area contributed by atoms with Crippen LogP contribution < -0.4 is 0 Å². The van der Waals surface area contributed by atoms with Crippen molar-refractivity contribution in [1.82, 2.24) is 0 Å². The summed E-state index contributed by atoms with van der Waals surface area (Å²) < 4.78 is 0. The van der Waals surface area contributed by atoms with E-state index < -0.39 is 5.60 Å². The number of hydrogen-bond donors (Lipinski definition) is 1. The number of rotatable bonds is 1. The molecule has 1 heteroatoms. The Labute approximate surface area is 85.8 Å². The van der Waals surface area contributed by atoms with Crippen LogP contribution in [0.15, 0.2) is 30.3 Å². The molecule has 1 aromatic rings. The van der Waals surface area contributed by atoms with E-state index in [1.165, 1.54) is 12.0 Å². The molecule has 1 aromatic carbocycles. The molecule has 1 fully saturated rings. The molecule has 1 aliphatic rings. The second-order valence-electron chi connectivity index (χ2n) is 4.70. The van der Waals surface area contributed by atoms with Gasteiger partial charge in [0, 0.05) is 0 Å². The summed E-state index contributed by atoms with van der Waals surface area (Å²) in [6, 6.07) is 10.6. The Hall–Kier alpha value is -0.820. The van der Waals surface area contributed by atoms with E-state index in [0.29, 0.717) is 5.92 Å². The first-order chi connectivity index (χ1) is 6.67. The van der Waals surface area contributed by atoms with Gasteiger partial charge in [0.15, 0.2) is 0 Å². The standard InChI is InChI=1S/C13H18O/c1-13(14)9-5-8-12(10-13)11-6-3-2-4-7-11/h2-4,6-7,12,14H,5,8-10H2,1H3/t12-,13-/m0/s1. The summed E-state index contributed by atoms with van der Waals surface area (Å²) in [4.78, 5) is 0. The summed E-state index contributed by atoms with van der Waals surface area (Å²) in [5, 5.41) is 10.0. The minimum atomic E-state index is -0.446. The summed E-state index contributed by atoms with van der Waals surface area (Å²) >= 11 is 0. The molecule has 0 radical (unpaired) electrons. The molecule has 0 unspecified atom stereocenters. The second kappa shape index (κ2) is 3.74. The van der Waals surface area contributed by atoms with Gasteiger partial charge in [-0.2, -0.15) is 0 Å². The fourth-order valence-electron chi connectivity index (χ4n) is 2.47. The first-order valence-electron chi connectivity index (χ1n) is 5.45. The lowest BCUT2D eigenvalue weighted by Crippen LogP contribution is -2.30. The normalized spacial score (nSPS) is 32.9. The Bertz CT molecular complexity index is 289. The maximum absolute atomic E-state index is 10.0. The predicted octanol–water partition coefficient (Wildman–Crippen LogP) is 3.10. The van der Waals surface area contributed by atoms with Crippen LogP contribution in [0.25, 0.3) is 0 Å². The van der Waals surface area contributed by atoms with Gasteiger partial charge in [0.1, 0.15) is 0 Å². The second-order valence-corrected chi connectivity index (χ2v) is 4.70.